The minimum Gasteiger partial charge on any atom is -0.302 e. The third-order valence-corrected chi connectivity index (χ3v) is 2.06. The molecule has 0 aromatic heterocycles. The van der Waals surface area contributed by atoms with Crippen molar-refractivity contribution < 1.29 is 4.79 Å². The van der Waals surface area contributed by atoms with E-state index < -0.39 is 0 Å². The predicted octanol–water partition coefficient (Wildman–Crippen LogP) is 2.01. The van der Waals surface area contributed by atoms with Crippen LogP contribution in [0.25, 0.3) is 0 Å². The van der Waals surface area contributed by atoms with Crippen LogP contribution in [-0.4, -0.2) is 31.3 Å². The van der Waals surface area contributed by atoms with E-state index in [0.29, 0.717) is 18.0 Å². The molecule has 0 aliphatic rings. The largest absolute Gasteiger partial charge is 0.302 e. The van der Waals surface area contributed by atoms with Crippen LogP contribution in [0.15, 0.2) is 24.3 Å². The zero-order valence-corrected chi connectivity index (χ0v) is 9.21. The summed E-state index contributed by atoms with van der Waals surface area (Å²) >= 11 is 5.74. The third-order valence-electron chi connectivity index (χ3n) is 1.81. The van der Waals surface area contributed by atoms with Gasteiger partial charge in [0.15, 0.2) is 5.78 Å². The topological polar surface area (TPSA) is 20.3 Å². The quantitative estimate of drug-likeness (QED) is 0.760. The standard InChI is InChI=1S/C11H14ClNO/c1-13(2)8-11(14)7-9-3-5-10(12)6-4-9/h3-6H,7-8H2,1-2H3. The summed E-state index contributed by atoms with van der Waals surface area (Å²) in [5, 5.41) is 0.703. The van der Waals surface area contributed by atoms with Crippen molar-refractivity contribution in [1.29, 1.82) is 0 Å². The lowest BCUT2D eigenvalue weighted by Gasteiger charge is -2.07. The number of likely N-dealkylation sites (N-methyl/N-ethyl adjacent to an activating group) is 1. The van der Waals surface area contributed by atoms with Gasteiger partial charge < -0.3 is 4.90 Å². The lowest BCUT2D eigenvalue weighted by molar-refractivity contribution is -0.119. The maximum atomic E-state index is 11.4. The maximum absolute atomic E-state index is 11.4. The Bertz CT molecular complexity index is 306. The van der Waals surface area contributed by atoms with Crippen LogP contribution in [0.1, 0.15) is 5.56 Å². The normalized spacial score (nSPS) is 10.6. The molecule has 0 spiro atoms. The van der Waals surface area contributed by atoms with E-state index in [1.54, 1.807) is 12.1 Å². The van der Waals surface area contributed by atoms with Gasteiger partial charge in [-0.3, -0.25) is 4.79 Å². The molecule has 0 aliphatic carbocycles. The molecule has 3 heteroatoms. The zero-order valence-electron chi connectivity index (χ0n) is 8.46. The molecule has 0 bridgehead atoms. The highest BCUT2D eigenvalue weighted by molar-refractivity contribution is 6.30. The third kappa shape index (κ3) is 3.90. The summed E-state index contributed by atoms with van der Waals surface area (Å²) in [7, 11) is 3.78. The molecule has 0 heterocycles. The molecule has 0 saturated heterocycles. The molecule has 2 nitrogen and oxygen atoms in total. The van der Waals surface area contributed by atoms with Gasteiger partial charge in [0.05, 0.1) is 6.54 Å². The molecule has 0 aliphatic heterocycles. The first-order valence-electron chi connectivity index (χ1n) is 4.49. The monoisotopic (exact) mass is 211 g/mol. The summed E-state index contributed by atoms with van der Waals surface area (Å²) in [6.45, 7) is 0.489. The van der Waals surface area contributed by atoms with Crippen molar-refractivity contribution in [2.24, 2.45) is 0 Å². The number of carbonyl (C=O) groups excluding carboxylic acids is 1. The van der Waals surface area contributed by atoms with E-state index >= 15 is 0 Å². The van der Waals surface area contributed by atoms with Crippen molar-refractivity contribution in [2.45, 2.75) is 6.42 Å². The summed E-state index contributed by atoms with van der Waals surface area (Å²) in [5.74, 6) is 0.220. The molecule has 0 radical (unpaired) electrons. The average Bonchev–Trinajstić information content (AvgIpc) is 2.07. The summed E-state index contributed by atoms with van der Waals surface area (Å²) < 4.78 is 0. The fraction of sp³-hybridized carbons (Fsp3) is 0.364. The first-order valence-corrected chi connectivity index (χ1v) is 4.86. The van der Waals surface area contributed by atoms with E-state index in [-0.39, 0.29) is 5.78 Å². The van der Waals surface area contributed by atoms with Gasteiger partial charge in [-0.05, 0) is 31.8 Å². The van der Waals surface area contributed by atoms with Gasteiger partial charge in [0, 0.05) is 11.4 Å². The summed E-state index contributed by atoms with van der Waals surface area (Å²) in [4.78, 5) is 13.3. The summed E-state index contributed by atoms with van der Waals surface area (Å²) in [6.07, 6.45) is 0.481. The van der Waals surface area contributed by atoms with Crippen LogP contribution < -0.4 is 0 Å². The molecule has 0 unspecified atom stereocenters. The smallest absolute Gasteiger partial charge is 0.151 e. The van der Waals surface area contributed by atoms with Gasteiger partial charge in [-0.2, -0.15) is 0 Å². The average molecular weight is 212 g/mol. The van der Waals surface area contributed by atoms with Crippen LogP contribution in [0.3, 0.4) is 0 Å². The molecule has 0 N–H and O–H groups in total. The Kier molecular flexibility index (Phi) is 4.11. The number of hydrogen-bond acceptors (Lipinski definition) is 2. The molecule has 1 aromatic carbocycles. The Morgan fingerprint density at radius 2 is 1.86 bits per heavy atom. The Balaban J connectivity index is 2.52. The first kappa shape index (κ1) is 11.2. The van der Waals surface area contributed by atoms with E-state index in [1.807, 2.05) is 31.1 Å². The molecule has 0 amide bonds. The van der Waals surface area contributed by atoms with Crippen LogP contribution in [0.4, 0.5) is 0 Å². The van der Waals surface area contributed by atoms with Gasteiger partial charge in [0.25, 0.3) is 0 Å². The van der Waals surface area contributed by atoms with Gasteiger partial charge in [0.1, 0.15) is 0 Å². The lowest BCUT2D eigenvalue weighted by atomic mass is 10.1. The molecule has 0 fully saturated rings. The van der Waals surface area contributed by atoms with E-state index in [0.717, 1.165) is 5.56 Å². The highest BCUT2D eigenvalue weighted by atomic mass is 35.5. The minimum atomic E-state index is 0.220. The second-order valence-electron chi connectivity index (χ2n) is 3.58. The van der Waals surface area contributed by atoms with Gasteiger partial charge in [0.2, 0.25) is 0 Å². The summed E-state index contributed by atoms with van der Waals surface area (Å²) in [5.41, 5.74) is 1.02. The van der Waals surface area contributed by atoms with Gasteiger partial charge in [-0.25, -0.2) is 0 Å². The van der Waals surface area contributed by atoms with E-state index in [4.69, 9.17) is 11.6 Å². The van der Waals surface area contributed by atoms with Crippen LogP contribution in [0.2, 0.25) is 5.02 Å². The molecule has 76 valence electrons. The summed E-state index contributed by atoms with van der Waals surface area (Å²) in [6, 6.07) is 7.38. The number of hydrogen-bond donors (Lipinski definition) is 0. The molecule has 14 heavy (non-hydrogen) atoms. The molecule has 1 rings (SSSR count). The maximum Gasteiger partial charge on any atom is 0.151 e. The number of ketones is 1. The fourth-order valence-electron chi connectivity index (χ4n) is 1.24. The Morgan fingerprint density at radius 3 is 2.36 bits per heavy atom. The SMILES string of the molecule is CN(C)CC(=O)Cc1ccc(Cl)cc1. The number of carbonyl (C=O) groups is 1. The molecular formula is C11H14ClNO. The number of nitrogens with zero attached hydrogens (tertiary/aromatic N) is 1. The number of benzene rings is 1. The van der Waals surface area contributed by atoms with E-state index in [2.05, 4.69) is 0 Å². The Morgan fingerprint density at radius 1 is 1.29 bits per heavy atom. The molecular weight excluding hydrogens is 198 g/mol. The van der Waals surface area contributed by atoms with Crippen molar-refractivity contribution in [3.05, 3.63) is 34.9 Å². The minimum absolute atomic E-state index is 0.220. The van der Waals surface area contributed by atoms with Crippen LogP contribution in [0.5, 0.6) is 0 Å². The van der Waals surface area contributed by atoms with Crippen molar-refractivity contribution in [3.8, 4) is 0 Å². The van der Waals surface area contributed by atoms with Crippen molar-refractivity contribution in [1.82, 2.24) is 4.90 Å². The van der Waals surface area contributed by atoms with E-state index in [1.165, 1.54) is 0 Å². The molecule has 0 atom stereocenters. The number of Topliss-reactive ketones (excluding diaryl/α,β-unsaturated/α-hetero) is 1. The number of rotatable bonds is 4. The Hall–Kier alpha value is -0.860. The van der Waals surface area contributed by atoms with E-state index in [9.17, 15) is 4.79 Å². The van der Waals surface area contributed by atoms with Gasteiger partial charge in [-0.1, -0.05) is 23.7 Å². The zero-order chi connectivity index (χ0) is 10.6. The number of halogens is 1. The molecule has 0 saturated carbocycles. The van der Waals surface area contributed by atoms with Crippen LogP contribution in [-0.2, 0) is 11.2 Å². The lowest BCUT2D eigenvalue weighted by Crippen LogP contribution is -2.22. The van der Waals surface area contributed by atoms with Crippen molar-refractivity contribution >= 4 is 17.4 Å². The predicted molar refractivity (Wildman–Crippen MR) is 58.7 cm³/mol. The second kappa shape index (κ2) is 5.13. The Labute approximate surface area is 89.5 Å². The fourth-order valence-corrected chi connectivity index (χ4v) is 1.36. The second-order valence-corrected chi connectivity index (χ2v) is 4.02. The van der Waals surface area contributed by atoms with Gasteiger partial charge in [-0.15, -0.1) is 0 Å². The highest BCUT2D eigenvalue weighted by Gasteiger charge is 2.04. The highest BCUT2D eigenvalue weighted by Crippen LogP contribution is 2.10. The van der Waals surface area contributed by atoms with Crippen molar-refractivity contribution in [3.63, 3.8) is 0 Å². The molecule has 1 aromatic rings. The van der Waals surface area contributed by atoms with Crippen LogP contribution in [0, 0.1) is 0 Å². The van der Waals surface area contributed by atoms with Crippen LogP contribution >= 0.6 is 11.6 Å². The first-order chi connectivity index (χ1) is 6.58. The van der Waals surface area contributed by atoms with Gasteiger partial charge >= 0.3 is 0 Å². The van der Waals surface area contributed by atoms with Crippen molar-refractivity contribution in [2.75, 3.05) is 20.6 Å².